The van der Waals surface area contributed by atoms with E-state index in [2.05, 4.69) is 0 Å². The Morgan fingerprint density at radius 3 is 2.34 bits per heavy atom. The van der Waals surface area contributed by atoms with Gasteiger partial charge in [0.15, 0.2) is 9.84 Å². The number of rotatable bonds is 7. The molecule has 0 bridgehead atoms. The summed E-state index contributed by atoms with van der Waals surface area (Å²) in [5.41, 5.74) is 2.82. The van der Waals surface area contributed by atoms with Crippen LogP contribution in [-0.4, -0.2) is 50.6 Å². The van der Waals surface area contributed by atoms with Gasteiger partial charge < -0.3 is 15.4 Å². The summed E-state index contributed by atoms with van der Waals surface area (Å²) in [5.74, 6) is -3.98. The summed E-state index contributed by atoms with van der Waals surface area (Å²) in [6, 6.07) is 5.94. The second-order valence-electron chi connectivity index (χ2n) is 9.89. The van der Waals surface area contributed by atoms with Gasteiger partial charge in [-0.25, -0.2) is 12.8 Å². The molecule has 2 aliphatic rings. The number of hydrogen-bond donors (Lipinski definition) is 1. The van der Waals surface area contributed by atoms with Crippen LogP contribution in [0.2, 0.25) is 0 Å². The van der Waals surface area contributed by atoms with Crippen LogP contribution in [0.5, 0.6) is 5.75 Å². The molecule has 7 nitrogen and oxygen atoms in total. The van der Waals surface area contributed by atoms with Gasteiger partial charge in [-0.15, -0.1) is 0 Å². The minimum atomic E-state index is -4.76. The van der Waals surface area contributed by atoms with Gasteiger partial charge in [0.2, 0.25) is 5.91 Å². The molecule has 2 aromatic carbocycles. The average molecular weight is 557 g/mol. The molecular formula is C26H28F4N2O5S. The number of carbonyl (C=O) groups excluding carboxylic acids is 2. The van der Waals surface area contributed by atoms with Crippen LogP contribution in [0.3, 0.4) is 0 Å². The van der Waals surface area contributed by atoms with Gasteiger partial charge >= 0.3 is 6.18 Å². The third-order valence-corrected chi connectivity index (χ3v) is 8.55. The summed E-state index contributed by atoms with van der Waals surface area (Å²) in [5, 5.41) is 0. The number of methoxy groups -OCH3 is 1. The minimum absolute atomic E-state index is 0.0551. The van der Waals surface area contributed by atoms with E-state index in [1.54, 1.807) is 0 Å². The van der Waals surface area contributed by atoms with E-state index < -0.39 is 50.7 Å². The Hall–Kier alpha value is -3.15. The van der Waals surface area contributed by atoms with Crippen molar-refractivity contribution in [3.05, 3.63) is 58.9 Å². The molecule has 0 radical (unpaired) electrons. The molecule has 4 rings (SSSR count). The number of likely N-dealkylation sites (tertiary alicyclic amines) is 1. The SMILES string of the molecule is COc1ccc(S(C)(=O)=O)cc1C(=O)N1CCCCC1(C(N)=O)[C@@H](c1ccc(C(F)(F)F)cc1F)C1CC1. The molecule has 1 saturated heterocycles. The van der Waals surface area contributed by atoms with Gasteiger partial charge in [-0.2, -0.15) is 13.2 Å². The third-order valence-electron chi connectivity index (χ3n) is 7.44. The van der Waals surface area contributed by atoms with Crippen molar-refractivity contribution in [2.75, 3.05) is 19.9 Å². The highest BCUT2D eigenvalue weighted by Gasteiger charge is 2.58. The highest BCUT2D eigenvalue weighted by atomic mass is 32.2. The van der Waals surface area contributed by atoms with Crippen LogP contribution < -0.4 is 10.5 Å². The quantitative estimate of drug-likeness (QED) is 0.512. The van der Waals surface area contributed by atoms with Crippen LogP contribution in [0.1, 0.15) is 59.5 Å². The van der Waals surface area contributed by atoms with E-state index in [0.29, 0.717) is 31.7 Å². The lowest BCUT2D eigenvalue weighted by molar-refractivity contribution is -0.138. The first-order valence-corrected chi connectivity index (χ1v) is 14.0. The van der Waals surface area contributed by atoms with Crippen molar-refractivity contribution in [3.63, 3.8) is 0 Å². The highest BCUT2D eigenvalue weighted by Crippen LogP contribution is 2.54. The maximum atomic E-state index is 15.3. The van der Waals surface area contributed by atoms with Crippen LogP contribution in [-0.2, 0) is 20.8 Å². The van der Waals surface area contributed by atoms with Crippen LogP contribution in [0.25, 0.3) is 0 Å². The first kappa shape index (κ1) is 27.9. The first-order valence-electron chi connectivity index (χ1n) is 12.1. The van der Waals surface area contributed by atoms with Gasteiger partial charge in [-0.05, 0) is 73.9 Å². The van der Waals surface area contributed by atoms with E-state index in [9.17, 15) is 31.2 Å². The zero-order valence-electron chi connectivity index (χ0n) is 20.8. The molecule has 2 amide bonds. The van der Waals surface area contributed by atoms with E-state index >= 15 is 4.39 Å². The molecule has 38 heavy (non-hydrogen) atoms. The lowest BCUT2D eigenvalue weighted by Crippen LogP contribution is -2.65. The Balaban J connectivity index is 1.89. The number of hydrogen-bond acceptors (Lipinski definition) is 5. The molecule has 1 aliphatic carbocycles. The zero-order chi connectivity index (χ0) is 28.0. The number of amides is 2. The molecule has 2 aromatic rings. The number of alkyl halides is 3. The monoisotopic (exact) mass is 556 g/mol. The van der Waals surface area contributed by atoms with Gasteiger partial charge in [-0.3, -0.25) is 9.59 Å². The molecule has 2 N–H and O–H groups in total. The van der Waals surface area contributed by atoms with Crippen LogP contribution >= 0.6 is 0 Å². The normalized spacial score (nSPS) is 21.2. The average Bonchev–Trinajstić information content (AvgIpc) is 3.68. The predicted molar refractivity (Wildman–Crippen MR) is 130 cm³/mol. The number of nitrogens with two attached hydrogens (primary N) is 1. The minimum Gasteiger partial charge on any atom is -0.496 e. The summed E-state index contributed by atoms with van der Waals surface area (Å²) in [4.78, 5) is 28.4. The van der Waals surface area contributed by atoms with Gasteiger partial charge in [-0.1, -0.05) is 6.07 Å². The zero-order valence-corrected chi connectivity index (χ0v) is 21.7. The number of piperidine rings is 1. The number of primary amides is 1. The Labute approximate surface area is 217 Å². The molecule has 12 heteroatoms. The lowest BCUT2D eigenvalue weighted by Gasteiger charge is -2.50. The van der Waals surface area contributed by atoms with E-state index in [1.165, 1.54) is 24.1 Å². The second-order valence-corrected chi connectivity index (χ2v) is 11.9. The summed E-state index contributed by atoms with van der Waals surface area (Å²) >= 11 is 0. The van der Waals surface area contributed by atoms with Crippen molar-refractivity contribution in [2.45, 2.75) is 54.6 Å². The second kappa shape index (κ2) is 9.87. The third kappa shape index (κ3) is 4.97. The molecule has 0 aromatic heterocycles. The van der Waals surface area contributed by atoms with Crippen molar-refractivity contribution in [3.8, 4) is 5.75 Å². The van der Waals surface area contributed by atoms with Crippen molar-refractivity contribution < 1.29 is 40.3 Å². The fourth-order valence-electron chi connectivity index (χ4n) is 5.53. The van der Waals surface area contributed by atoms with E-state index in [1.807, 2.05) is 0 Å². The highest BCUT2D eigenvalue weighted by molar-refractivity contribution is 7.90. The van der Waals surface area contributed by atoms with E-state index in [4.69, 9.17) is 10.5 Å². The molecule has 0 spiro atoms. The Kier molecular flexibility index (Phi) is 7.24. The number of benzene rings is 2. The number of carbonyl (C=O) groups is 2. The number of sulfone groups is 1. The fourth-order valence-corrected chi connectivity index (χ4v) is 6.18. The largest absolute Gasteiger partial charge is 0.496 e. The molecule has 2 atom stereocenters. The topological polar surface area (TPSA) is 107 Å². The summed E-state index contributed by atoms with van der Waals surface area (Å²) in [6.07, 6.45) is -1.59. The Morgan fingerprint density at radius 2 is 1.82 bits per heavy atom. The molecule has 1 heterocycles. The lowest BCUT2D eigenvalue weighted by atomic mass is 9.69. The number of nitrogens with zero attached hydrogens (tertiary/aromatic N) is 1. The fraction of sp³-hybridized carbons (Fsp3) is 0.462. The van der Waals surface area contributed by atoms with Crippen LogP contribution in [0.4, 0.5) is 17.6 Å². The van der Waals surface area contributed by atoms with Crippen LogP contribution in [0.15, 0.2) is 41.3 Å². The van der Waals surface area contributed by atoms with Gasteiger partial charge in [0.25, 0.3) is 5.91 Å². The summed E-state index contributed by atoms with van der Waals surface area (Å²) in [7, 11) is -2.40. The Bertz CT molecular complexity index is 1370. The van der Waals surface area contributed by atoms with Gasteiger partial charge in [0.1, 0.15) is 17.1 Å². The van der Waals surface area contributed by atoms with Crippen molar-refractivity contribution in [1.29, 1.82) is 0 Å². The maximum absolute atomic E-state index is 15.3. The smallest absolute Gasteiger partial charge is 0.416 e. The maximum Gasteiger partial charge on any atom is 0.416 e. The van der Waals surface area contributed by atoms with Crippen molar-refractivity contribution in [1.82, 2.24) is 4.90 Å². The summed E-state index contributed by atoms with van der Waals surface area (Å²) in [6.45, 7) is 0.0551. The standard InChI is InChI=1S/C26H28F4N2O5S/c1-37-21-10-8-17(38(2,35)36)14-19(21)23(33)32-12-4-3-11-25(32,24(31)34)22(15-5-6-15)18-9-7-16(13-20(18)27)26(28,29)30/h7-10,13-15,22H,3-6,11-12H2,1-2H3,(H2,31,34)/t22-,25?/m1/s1. The molecular weight excluding hydrogens is 528 g/mol. The van der Waals surface area contributed by atoms with E-state index in [-0.39, 0.29) is 40.7 Å². The number of halogens is 4. The van der Waals surface area contributed by atoms with Gasteiger partial charge in [0.05, 0.1) is 23.1 Å². The Morgan fingerprint density at radius 1 is 1.13 bits per heavy atom. The van der Waals surface area contributed by atoms with E-state index in [0.717, 1.165) is 24.5 Å². The molecule has 1 unspecified atom stereocenters. The predicted octanol–water partition coefficient (Wildman–Crippen LogP) is 4.30. The van der Waals surface area contributed by atoms with Crippen molar-refractivity contribution in [2.24, 2.45) is 11.7 Å². The number of ether oxygens (including phenoxy) is 1. The van der Waals surface area contributed by atoms with Gasteiger partial charge in [0, 0.05) is 18.7 Å². The molecule has 206 valence electrons. The summed E-state index contributed by atoms with van der Waals surface area (Å²) < 4.78 is 84.7. The molecule has 1 saturated carbocycles. The van der Waals surface area contributed by atoms with Crippen LogP contribution in [0, 0.1) is 11.7 Å². The van der Waals surface area contributed by atoms with Crippen molar-refractivity contribution >= 4 is 21.7 Å². The molecule has 2 fully saturated rings. The first-order chi connectivity index (χ1) is 17.7. The molecule has 1 aliphatic heterocycles.